The second-order valence-electron chi connectivity index (χ2n) is 9.76. The minimum absolute atomic E-state index is 0.145. The van der Waals surface area contributed by atoms with Crippen LogP contribution in [0.3, 0.4) is 0 Å². The largest absolute Gasteiger partial charge is 0.481 e. The highest BCUT2D eigenvalue weighted by atomic mass is 16.5. The van der Waals surface area contributed by atoms with Gasteiger partial charge in [0.2, 0.25) is 5.91 Å². The van der Waals surface area contributed by atoms with E-state index in [1.165, 1.54) is 6.33 Å². The number of rotatable bonds is 14. The summed E-state index contributed by atoms with van der Waals surface area (Å²) in [5.74, 6) is -0.427. The van der Waals surface area contributed by atoms with Gasteiger partial charge in [-0.1, -0.05) is 0 Å². The van der Waals surface area contributed by atoms with Crippen molar-refractivity contribution < 1.29 is 19.4 Å². The molecule has 3 heterocycles. The van der Waals surface area contributed by atoms with E-state index >= 15 is 0 Å². The second kappa shape index (κ2) is 14.0. The zero-order valence-corrected chi connectivity index (χ0v) is 22.7. The van der Waals surface area contributed by atoms with Gasteiger partial charge in [-0.05, 0) is 63.8 Å². The quantitative estimate of drug-likeness (QED) is 0.208. The summed E-state index contributed by atoms with van der Waals surface area (Å²) in [6.07, 6.45) is 4.75. The summed E-state index contributed by atoms with van der Waals surface area (Å²) in [7, 11) is 3.90. The number of nitrogens with one attached hydrogen (secondary N) is 3. The maximum atomic E-state index is 12.8. The molecule has 4 N–H and O–H groups in total. The van der Waals surface area contributed by atoms with E-state index in [0.717, 1.165) is 43.0 Å². The maximum Gasteiger partial charge on any atom is 0.303 e. The number of carbonyl (C=O) groups is 2. The first kappa shape index (κ1) is 28.4. The summed E-state index contributed by atoms with van der Waals surface area (Å²) in [6.45, 7) is 5.88. The Balaban J connectivity index is 1.54. The lowest BCUT2D eigenvalue weighted by molar-refractivity contribution is -0.137. The minimum atomic E-state index is -0.784. The molecular formula is C27H38N8O4. The molecule has 2 aliphatic rings. The monoisotopic (exact) mass is 538 g/mol. The summed E-state index contributed by atoms with van der Waals surface area (Å²) in [5.41, 5.74) is 3.66. The lowest BCUT2D eigenvalue weighted by atomic mass is 10.0. The molecule has 39 heavy (non-hydrogen) atoms. The molecule has 1 aromatic heterocycles. The maximum absolute atomic E-state index is 12.8. The summed E-state index contributed by atoms with van der Waals surface area (Å²) in [5, 5.41) is 18.3. The Kier molecular flexibility index (Phi) is 10.2. The van der Waals surface area contributed by atoms with Gasteiger partial charge < -0.3 is 35.6 Å². The summed E-state index contributed by atoms with van der Waals surface area (Å²) >= 11 is 0. The number of carboxylic acid groups (broad SMARTS) is 1. The molecule has 0 bridgehead atoms. The average molecular weight is 539 g/mol. The van der Waals surface area contributed by atoms with E-state index in [1.807, 2.05) is 26.2 Å². The van der Waals surface area contributed by atoms with E-state index in [4.69, 9.17) is 14.8 Å². The highest BCUT2D eigenvalue weighted by Gasteiger charge is 2.33. The number of anilines is 3. The van der Waals surface area contributed by atoms with Crippen molar-refractivity contribution in [3.8, 4) is 0 Å². The highest BCUT2D eigenvalue weighted by molar-refractivity contribution is 6.13. The molecule has 1 atom stereocenters. The summed E-state index contributed by atoms with van der Waals surface area (Å²) in [6, 6.07) is 6.07. The van der Waals surface area contributed by atoms with Crippen molar-refractivity contribution in [1.29, 1.82) is 0 Å². The zero-order valence-electron chi connectivity index (χ0n) is 22.7. The molecule has 1 saturated heterocycles. The van der Waals surface area contributed by atoms with Gasteiger partial charge in [0.15, 0.2) is 0 Å². The van der Waals surface area contributed by atoms with Crippen molar-refractivity contribution in [2.24, 2.45) is 4.99 Å². The van der Waals surface area contributed by atoms with Crippen molar-refractivity contribution in [3.63, 3.8) is 0 Å². The molecule has 1 amide bonds. The molecule has 2 aliphatic heterocycles. The molecule has 0 aliphatic carbocycles. The predicted molar refractivity (Wildman–Crippen MR) is 151 cm³/mol. The van der Waals surface area contributed by atoms with Gasteiger partial charge in [-0.2, -0.15) is 0 Å². The number of aliphatic imine (C=N–C) groups is 1. The number of aliphatic carboxylic acids is 1. The lowest BCUT2D eigenvalue weighted by Crippen LogP contribution is -2.37. The Hall–Kier alpha value is -3.61. The fraction of sp³-hybridized carbons (Fsp3) is 0.519. The van der Waals surface area contributed by atoms with Gasteiger partial charge in [0.05, 0.1) is 24.5 Å². The number of amides is 1. The number of fused-ring (bicyclic) bond motifs is 1. The summed E-state index contributed by atoms with van der Waals surface area (Å²) in [4.78, 5) is 41.5. The van der Waals surface area contributed by atoms with E-state index < -0.39 is 11.9 Å². The van der Waals surface area contributed by atoms with Crippen LogP contribution in [0.25, 0.3) is 0 Å². The van der Waals surface area contributed by atoms with Crippen LogP contribution in [0.5, 0.6) is 0 Å². The van der Waals surface area contributed by atoms with Crippen LogP contribution in [0.15, 0.2) is 29.5 Å². The normalized spacial score (nSPS) is 17.1. The topological polar surface area (TPSA) is 144 Å². The first-order valence-electron chi connectivity index (χ1n) is 13.4. The fourth-order valence-corrected chi connectivity index (χ4v) is 4.79. The predicted octanol–water partition coefficient (Wildman–Crippen LogP) is 2.07. The van der Waals surface area contributed by atoms with Crippen LogP contribution in [0.4, 0.5) is 23.0 Å². The number of carboxylic acids is 1. The Morgan fingerprint density at radius 2 is 2.10 bits per heavy atom. The van der Waals surface area contributed by atoms with Crippen LogP contribution < -0.4 is 20.9 Å². The van der Waals surface area contributed by atoms with Crippen molar-refractivity contribution in [2.75, 3.05) is 75.6 Å². The SMILES string of the molecule is CNCCCNc1ncnc2c1C(C=Nc1ccc(N3CCOCC3)c(CN(C)CCCC(=O)O)c1)C(=O)N2. The molecule has 210 valence electrons. The van der Waals surface area contributed by atoms with Gasteiger partial charge in [0, 0.05) is 44.5 Å². The van der Waals surface area contributed by atoms with Gasteiger partial charge in [-0.3, -0.25) is 14.6 Å². The number of hydrogen-bond donors (Lipinski definition) is 4. The molecule has 1 unspecified atom stereocenters. The van der Waals surface area contributed by atoms with Crippen LogP contribution in [0.2, 0.25) is 0 Å². The third kappa shape index (κ3) is 7.71. The average Bonchev–Trinajstić information content (AvgIpc) is 3.25. The van der Waals surface area contributed by atoms with E-state index in [9.17, 15) is 9.59 Å². The van der Waals surface area contributed by atoms with Crippen LogP contribution in [0.1, 0.15) is 36.3 Å². The zero-order chi connectivity index (χ0) is 27.6. The third-order valence-corrected chi connectivity index (χ3v) is 6.77. The van der Waals surface area contributed by atoms with Crippen LogP contribution in [0, 0.1) is 0 Å². The molecule has 2 aromatic rings. The third-order valence-electron chi connectivity index (χ3n) is 6.77. The number of nitrogens with zero attached hydrogens (tertiary/aromatic N) is 5. The summed E-state index contributed by atoms with van der Waals surface area (Å²) < 4.78 is 5.53. The number of benzene rings is 1. The molecule has 1 fully saturated rings. The van der Waals surface area contributed by atoms with E-state index in [1.54, 1.807) is 6.21 Å². The fourth-order valence-electron chi connectivity index (χ4n) is 4.79. The molecule has 1 aromatic carbocycles. The molecule has 4 rings (SSSR count). The highest BCUT2D eigenvalue weighted by Crippen LogP contribution is 2.35. The van der Waals surface area contributed by atoms with Gasteiger partial charge >= 0.3 is 5.97 Å². The van der Waals surface area contributed by atoms with Gasteiger partial charge in [0.25, 0.3) is 0 Å². The van der Waals surface area contributed by atoms with E-state index in [2.05, 4.69) is 41.8 Å². The van der Waals surface area contributed by atoms with Gasteiger partial charge in [0.1, 0.15) is 23.9 Å². The van der Waals surface area contributed by atoms with Crippen molar-refractivity contribution in [3.05, 3.63) is 35.7 Å². The second-order valence-corrected chi connectivity index (χ2v) is 9.76. The first-order valence-corrected chi connectivity index (χ1v) is 13.4. The Morgan fingerprint density at radius 1 is 1.28 bits per heavy atom. The molecular weight excluding hydrogens is 500 g/mol. The van der Waals surface area contributed by atoms with Crippen LogP contribution in [-0.2, 0) is 20.9 Å². The number of hydrogen-bond acceptors (Lipinski definition) is 10. The Labute approximate surface area is 228 Å². The molecule has 0 spiro atoms. The van der Waals surface area contributed by atoms with Crippen molar-refractivity contribution in [2.45, 2.75) is 31.7 Å². The Bertz CT molecular complexity index is 1170. The van der Waals surface area contributed by atoms with E-state index in [0.29, 0.717) is 56.5 Å². The van der Waals surface area contributed by atoms with Gasteiger partial charge in [-0.15, -0.1) is 0 Å². The standard InChI is InChI=1S/C27H38N8O4/c1-28-8-4-9-29-25-24-21(27(38)33-26(24)32-18-31-25)16-30-20-6-7-22(35-11-13-39-14-12-35)19(15-20)17-34(2)10-3-5-23(36)37/h6-7,15-16,18,21,28H,3-5,8-14,17H2,1-2H3,(H,36,37)(H2,29,31,32,33,38). The smallest absolute Gasteiger partial charge is 0.303 e. The van der Waals surface area contributed by atoms with Crippen molar-refractivity contribution in [1.82, 2.24) is 20.2 Å². The molecule has 12 nitrogen and oxygen atoms in total. The number of ether oxygens (including phenoxy) is 1. The molecule has 0 radical (unpaired) electrons. The Morgan fingerprint density at radius 3 is 2.87 bits per heavy atom. The lowest BCUT2D eigenvalue weighted by Gasteiger charge is -2.31. The molecule has 12 heteroatoms. The number of carbonyl (C=O) groups excluding carboxylic acids is 1. The van der Waals surface area contributed by atoms with Crippen molar-refractivity contribution >= 4 is 41.1 Å². The van der Waals surface area contributed by atoms with Crippen LogP contribution in [-0.4, -0.2) is 98.1 Å². The van der Waals surface area contributed by atoms with Crippen LogP contribution >= 0.6 is 0 Å². The molecule has 0 saturated carbocycles. The van der Waals surface area contributed by atoms with E-state index in [-0.39, 0.29) is 12.3 Å². The van der Waals surface area contributed by atoms with Gasteiger partial charge in [-0.25, -0.2) is 9.97 Å². The first-order chi connectivity index (χ1) is 19.0. The minimum Gasteiger partial charge on any atom is -0.481 e. The number of morpholine rings is 1. The number of aromatic nitrogens is 2.